The minimum Gasteiger partial charge on any atom is -0.503 e. The fourth-order valence-corrected chi connectivity index (χ4v) is 3.57. The van der Waals surface area contributed by atoms with Gasteiger partial charge in [-0.1, -0.05) is 5.16 Å². The van der Waals surface area contributed by atoms with Gasteiger partial charge in [-0.05, 0) is 12.8 Å². The van der Waals surface area contributed by atoms with Crippen molar-refractivity contribution in [1.29, 1.82) is 0 Å². The smallest absolute Gasteiger partial charge is 0.478 e. The molecule has 0 spiro atoms. The van der Waals surface area contributed by atoms with Crippen LogP contribution in [-0.4, -0.2) is 66.9 Å². The number of carbonyl (C=O) groups is 2. The first-order chi connectivity index (χ1) is 15.6. The van der Waals surface area contributed by atoms with E-state index in [-0.39, 0.29) is 35.1 Å². The topological polar surface area (TPSA) is 219 Å². The fourth-order valence-electron chi connectivity index (χ4n) is 3.02. The lowest BCUT2D eigenvalue weighted by Crippen LogP contribution is -2.54. The molecule has 33 heavy (non-hydrogen) atoms. The summed E-state index contributed by atoms with van der Waals surface area (Å²) in [5, 5.41) is 45.9. The number of pyridine rings is 1. The Balaban J connectivity index is 1.72. The summed E-state index contributed by atoms with van der Waals surface area (Å²) in [4.78, 5) is 44.3. The van der Waals surface area contributed by atoms with Gasteiger partial charge in [0.05, 0.1) is 24.7 Å². The van der Waals surface area contributed by atoms with Crippen molar-refractivity contribution in [1.82, 2.24) is 15.0 Å². The Labute approximate surface area is 190 Å². The molecule has 14 nitrogen and oxygen atoms in total. The zero-order valence-corrected chi connectivity index (χ0v) is 17.8. The molecule has 1 fully saturated rings. The number of carboxylic acids is 1. The number of aromatic hydroxyl groups is 1. The van der Waals surface area contributed by atoms with Crippen LogP contribution in [0, 0.1) is 0 Å². The van der Waals surface area contributed by atoms with E-state index in [9.17, 15) is 29.7 Å². The third kappa shape index (κ3) is 6.21. The van der Waals surface area contributed by atoms with Crippen LogP contribution in [0.25, 0.3) is 0 Å². The highest BCUT2D eigenvalue weighted by atomic mass is 32.1. The molecule has 0 radical (unpaired) electrons. The van der Waals surface area contributed by atoms with Gasteiger partial charge in [0, 0.05) is 11.4 Å². The molecule has 1 aliphatic heterocycles. The number of nitrogens with two attached hydrogens (primary N) is 1. The van der Waals surface area contributed by atoms with Gasteiger partial charge in [-0.2, -0.15) is 4.73 Å². The number of nitrogen functional groups attached to an aromatic ring is 1. The van der Waals surface area contributed by atoms with Gasteiger partial charge in [-0.15, -0.1) is 11.3 Å². The van der Waals surface area contributed by atoms with E-state index in [0.29, 0.717) is 11.2 Å². The van der Waals surface area contributed by atoms with E-state index in [0.717, 1.165) is 23.6 Å². The SMILES string of the molecule is Nc1nc(C(=NOCc2cc(=O)c(O)cn2O)C(=O)NC2CCC(CC(=O)O)OB2O)cs1. The molecule has 2 unspecified atom stereocenters. The summed E-state index contributed by atoms with van der Waals surface area (Å²) >= 11 is 1.05. The molecule has 0 bridgehead atoms. The summed E-state index contributed by atoms with van der Waals surface area (Å²) in [6.07, 6.45) is 0.380. The van der Waals surface area contributed by atoms with Gasteiger partial charge >= 0.3 is 13.1 Å². The number of amides is 1. The first-order valence-corrected chi connectivity index (χ1v) is 10.4. The van der Waals surface area contributed by atoms with Crippen molar-refractivity contribution in [3.05, 3.63) is 39.3 Å². The monoisotopic (exact) mass is 481 g/mol. The van der Waals surface area contributed by atoms with Gasteiger partial charge in [0.15, 0.2) is 23.2 Å². The minimum absolute atomic E-state index is 0.0559. The number of hydrogen-bond acceptors (Lipinski definition) is 12. The summed E-state index contributed by atoms with van der Waals surface area (Å²) in [5.41, 5.74) is 4.60. The average molecular weight is 481 g/mol. The van der Waals surface area contributed by atoms with Gasteiger partial charge in [-0.3, -0.25) is 14.4 Å². The Hall–Kier alpha value is -3.63. The molecule has 1 amide bonds. The van der Waals surface area contributed by atoms with Crippen LogP contribution >= 0.6 is 11.3 Å². The molecule has 3 rings (SSSR count). The number of oxime groups is 1. The van der Waals surface area contributed by atoms with Gasteiger partial charge in [0.1, 0.15) is 11.4 Å². The second-order valence-electron chi connectivity index (χ2n) is 7.05. The van der Waals surface area contributed by atoms with E-state index < -0.39 is 48.8 Å². The molecule has 176 valence electrons. The highest BCUT2D eigenvalue weighted by molar-refractivity contribution is 7.13. The normalized spacial score (nSPS) is 18.7. The summed E-state index contributed by atoms with van der Waals surface area (Å²) in [6.45, 7) is -0.436. The third-order valence-corrected chi connectivity index (χ3v) is 5.31. The molecule has 2 aromatic rings. The summed E-state index contributed by atoms with van der Waals surface area (Å²) in [7, 11) is -1.43. The van der Waals surface area contributed by atoms with Crippen LogP contribution in [0.1, 0.15) is 30.7 Å². The number of thiazole rings is 1. The lowest BCUT2D eigenvalue weighted by Gasteiger charge is -2.30. The van der Waals surface area contributed by atoms with E-state index in [1.807, 2.05) is 0 Å². The third-order valence-electron chi connectivity index (χ3n) is 4.63. The zero-order chi connectivity index (χ0) is 24.1. The first-order valence-electron chi connectivity index (χ1n) is 9.55. The van der Waals surface area contributed by atoms with E-state index in [4.69, 9.17) is 20.3 Å². The van der Waals surface area contributed by atoms with Gasteiger partial charge in [0.2, 0.25) is 5.43 Å². The Bertz CT molecular complexity index is 1120. The Kier molecular flexibility index (Phi) is 7.52. The van der Waals surface area contributed by atoms with Crippen LogP contribution < -0.4 is 16.5 Å². The Morgan fingerprint density at radius 1 is 1.45 bits per heavy atom. The molecule has 7 N–H and O–H groups in total. The number of nitrogens with zero attached hydrogens (tertiary/aromatic N) is 3. The summed E-state index contributed by atoms with van der Waals surface area (Å²) < 4.78 is 5.72. The molecule has 16 heteroatoms. The maximum absolute atomic E-state index is 12.8. The first kappa shape index (κ1) is 24.0. The lowest BCUT2D eigenvalue weighted by molar-refractivity contribution is -0.139. The van der Waals surface area contributed by atoms with Crippen molar-refractivity contribution in [2.45, 2.75) is 37.9 Å². The Morgan fingerprint density at radius 2 is 2.21 bits per heavy atom. The van der Waals surface area contributed by atoms with E-state index in [2.05, 4.69) is 15.5 Å². The number of hydrogen-bond donors (Lipinski definition) is 6. The van der Waals surface area contributed by atoms with Crippen molar-refractivity contribution in [3.63, 3.8) is 0 Å². The molecule has 0 aromatic carbocycles. The maximum Gasteiger partial charge on any atom is 0.478 e. The van der Waals surface area contributed by atoms with Crippen LogP contribution in [0.5, 0.6) is 5.75 Å². The van der Waals surface area contributed by atoms with Crippen LogP contribution in [0.15, 0.2) is 27.6 Å². The van der Waals surface area contributed by atoms with Gasteiger partial charge in [0.25, 0.3) is 5.91 Å². The number of nitrogens with one attached hydrogen (secondary N) is 1. The van der Waals surface area contributed by atoms with Gasteiger partial charge in [-0.25, -0.2) is 4.98 Å². The van der Waals surface area contributed by atoms with E-state index in [1.54, 1.807) is 0 Å². The predicted molar refractivity (Wildman–Crippen MR) is 114 cm³/mol. The molecular weight excluding hydrogens is 461 g/mol. The average Bonchev–Trinajstić information content (AvgIpc) is 3.16. The molecular formula is C17H20BN5O9S. The zero-order valence-electron chi connectivity index (χ0n) is 16.9. The van der Waals surface area contributed by atoms with Crippen molar-refractivity contribution >= 4 is 41.2 Å². The summed E-state index contributed by atoms with van der Waals surface area (Å²) in [5.74, 6) is -3.36. The van der Waals surface area contributed by atoms with Crippen molar-refractivity contribution in [2.75, 3.05) is 5.73 Å². The second kappa shape index (κ2) is 10.3. The van der Waals surface area contributed by atoms with Crippen molar-refractivity contribution in [2.24, 2.45) is 5.16 Å². The van der Waals surface area contributed by atoms with Crippen LogP contribution in [0.4, 0.5) is 5.13 Å². The number of carbonyl (C=O) groups excluding carboxylic acids is 1. The minimum atomic E-state index is -1.43. The maximum atomic E-state index is 12.8. The number of aliphatic carboxylic acids is 1. The predicted octanol–water partition coefficient (Wildman–Crippen LogP) is -1.09. The van der Waals surface area contributed by atoms with Crippen LogP contribution in [-0.2, 0) is 25.7 Å². The number of rotatable bonds is 8. The molecule has 0 saturated carbocycles. The second-order valence-corrected chi connectivity index (χ2v) is 7.94. The molecule has 1 aliphatic rings. The van der Waals surface area contributed by atoms with E-state index in [1.165, 1.54) is 5.38 Å². The lowest BCUT2D eigenvalue weighted by atomic mass is 9.72. The fraction of sp³-hybridized carbons (Fsp3) is 0.353. The Morgan fingerprint density at radius 3 is 2.85 bits per heavy atom. The largest absolute Gasteiger partial charge is 0.503 e. The molecule has 2 atom stereocenters. The van der Waals surface area contributed by atoms with E-state index >= 15 is 0 Å². The molecule has 2 aromatic heterocycles. The summed E-state index contributed by atoms with van der Waals surface area (Å²) in [6, 6.07) is 0.925. The number of anilines is 1. The number of carboxylic acid groups (broad SMARTS) is 1. The van der Waals surface area contributed by atoms with Crippen molar-refractivity contribution < 1.29 is 39.5 Å². The molecule has 1 saturated heterocycles. The highest BCUT2D eigenvalue weighted by Crippen LogP contribution is 2.19. The van der Waals surface area contributed by atoms with Crippen LogP contribution in [0.3, 0.4) is 0 Å². The standard InChI is InChI=1S/C17H20BN5O9S/c19-17-20-10(7-33-17)15(22-31-6-8-3-11(24)12(25)5-23(8)30)16(28)21-13-2-1-9(4-14(26)27)32-18(13)29/h3,5,7,9,13,25,29-30H,1-2,4,6H2,(H2,19,20)(H,21,28)(H,26,27). The highest BCUT2D eigenvalue weighted by Gasteiger charge is 2.37. The van der Waals surface area contributed by atoms with Crippen LogP contribution in [0.2, 0.25) is 0 Å². The quantitative estimate of drug-likeness (QED) is 0.115. The molecule has 0 aliphatic carbocycles. The number of aromatic nitrogens is 2. The van der Waals surface area contributed by atoms with Crippen molar-refractivity contribution in [3.8, 4) is 5.75 Å². The molecule has 3 heterocycles. The van der Waals surface area contributed by atoms with Gasteiger partial charge < -0.3 is 41.0 Å².